The lowest BCUT2D eigenvalue weighted by atomic mass is 9.95. The highest BCUT2D eigenvalue weighted by Gasteiger charge is 2.11. The van der Waals surface area contributed by atoms with E-state index in [9.17, 15) is 4.79 Å². The smallest absolute Gasteiger partial charge is 0.344 e. The normalized spacial score (nSPS) is 13.6. The SMILES string of the molecule is CCOC(=O)COc1ccc(Cc2ccccc2-c2ccc(OCCN3CCCC3)cc2)cc1. The summed E-state index contributed by atoms with van der Waals surface area (Å²) in [6, 6.07) is 24.7. The van der Waals surface area contributed by atoms with Crippen molar-refractivity contribution in [2.75, 3.05) is 39.5 Å². The number of benzene rings is 3. The second-order valence-electron chi connectivity index (χ2n) is 8.49. The number of rotatable bonds is 11. The first kappa shape index (κ1) is 23.8. The van der Waals surface area contributed by atoms with Gasteiger partial charge in [0.2, 0.25) is 0 Å². The summed E-state index contributed by atoms with van der Waals surface area (Å²) < 4.78 is 16.4. The number of nitrogens with zero attached hydrogens (tertiary/aromatic N) is 1. The van der Waals surface area contributed by atoms with Gasteiger partial charge in [0, 0.05) is 6.54 Å². The van der Waals surface area contributed by atoms with E-state index in [0.29, 0.717) is 12.4 Å². The van der Waals surface area contributed by atoms with Crippen molar-refractivity contribution < 1.29 is 19.0 Å². The van der Waals surface area contributed by atoms with Crippen LogP contribution in [0.5, 0.6) is 11.5 Å². The number of carbonyl (C=O) groups is 1. The fraction of sp³-hybridized carbons (Fsp3) is 0.345. The van der Waals surface area contributed by atoms with Gasteiger partial charge in [-0.15, -0.1) is 0 Å². The summed E-state index contributed by atoms with van der Waals surface area (Å²) in [6.45, 7) is 6.18. The largest absolute Gasteiger partial charge is 0.492 e. The number of hydrogen-bond donors (Lipinski definition) is 0. The highest BCUT2D eigenvalue weighted by Crippen LogP contribution is 2.28. The second kappa shape index (κ2) is 12.2. The highest BCUT2D eigenvalue weighted by atomic mass is 16.6. The maximum absolute atomic E-state index is 11.5. The lowest BCUT2D eigenvalue weighted by molar-refractivity contribution is -0.145. The summed E-state index contributed by atoms with van der Waals surface area (Å²) in [5.74, 6) is 1.22. The molecule has 1 fully saturated rings. The Bertz CT molecular complexity index is 1040. The first-order chi connectivity index (χ1) is 16.7. The maximum Gasteiger partial charge on any atom is 0.344 e. The minimum absolute atomic E-state index is 0.0754. The molecule has 1 saturated heterocycles. The fourth-order valence-electron chi connectivity index (χ4n) is 4.25. The summed E-state index contributed by atoms with van der Waals surface area (Å²) in [5, 5.41) is 0. The third-order valence-corrected chi connectivity index (χ3v) is 6.04. The van der Waals surface area contributed by atoms with E-state index in [1.807, 2.05) is 24.3 Å². The third-order valence-electron chi connectivity index (χ3n) is 6.04. The minimum Gasteiger partial charge on any atom is -0.492 e. The van der Waals surface area contributed by atoms with Crippen LogP contribution in [0.1, 0.15) is 30.9 Å². The van der Waals surface area contributed by atoms with Gasteiger partial charge in [-0.25, -0.2) is 4.79 Å². The topological polar surface area (TPSA) is 48.0 Å². The van der Waals surface area contributed by atoms with Crippen molar-refractivity contribution in [1.29, 1.82) is 0 Å². The first-order valence-electron chi connectivity index (χ1n) is 12.1. The minimum atomic E-state index is -0.358. The van der Waals surface area contributed by atoms with E-state index >= 15 is 0 Å². The third kappa shape index (κ3) is 6.84. The molecule has 4 rings (SSSR count). The number of carbonyl (C=O) groups excluding carboxylic acids is 1. The molecule has 0 aliphatic carbocycles. The fourth-order valence-corrected chi connectivity index (χ4v) is 4.25. The van der Waals surface area contributed by atoms with E-state index in [1.54, 1.807) is 6.92 Å². The Hall–Kier alpha value is -3.31. The van der Waals surface area contributed by atoms with Crippen molar-refractivity contribution in [1.82, 2.24) is 4.90 Å². The van der Waals surface area contributed by atoms with Crippen LogP contribution in [-0.4, -0.2) is 50.3 Å². The van der Waals surface area contributed by atoms with Gasteiger partial charge in [0.05, 0.1) is 6.61 Å². The zero-order valence-electron chi connectivity index (χ0n) is 19.9. The van der Waals surface area contributed by atoms with E-state index in [-0.39, 0.29) is 12.6 Å². The molecule has 0 spiro atoms. The molecule has 0 saturated carbocycles. The molecule has 1 aliphatic rings. The van der Waals surface area contributed by atoms with Gasteiger partial charge < -0.3 is 14.2 Å². The van der Waals surface area contributed by atoms with Crippen LogP contribution in [0.4, 0.5) is 0 Å². The molecule has 0 atom stereocenters. The zero-order chi connectivity index (χ0) is 23.6. The average Bonchev–Trinajstić information content (AvgIpc) is 3.38. The monoisotopic (exact) mass is 459 g/mol. The molecule has 1 heterocycles. The molecule has 0 bridgehead atoms. The van der Waals surface area contributed by atoms with Gasteiger partial charge >= 0.3 is 5.97 Å². The molecule has 34 heavy (non-hydrogen) atoms. The van der Waals surface area contributed by atoms with E-state index in [0.717, 1.165) is 25.3 Å². The van der Waals surface area contributed by atoms with Gasteiger partial charge in [0.15, 0.2) is 6.61 Å². The summed E-state index contributed by atoms with van der Waals surface area (Å²) >= 11 is 0. The number of likely N-dealkylation sites (tertiary alicyclic amines) is 1. The molecule has 0 unspecified atom stereocenters. The van der Waals surface area contributed by atoms with Gasteiger partial charge in [0.1, 0.15) is 18.1 Å². The first-order valence-corrected chi connectivity index (χ1v) is 12.1. The molecule has 0 aromatic heterocycles. The Balaban J connectivity index is 1.35. The maximum atomic E-state index is 11.5. The Morgan fingerprint density at radius 1 is 0.853 bits per heavy atom. The molecule has 5 heteroatoms. The molecular formula is C29H33NO4. The summed E-state index contributed by atoms with van der Waals surface area (Å²) in [5.41, 5.74) is 4.83. The van der Waals surface area contributed by atoms with Crippen LogP contribution in [0.2, 0.25) is 0 Å². The van der Waals surface area contributed by atoms with E-state index in [2.05, 4.69) is 53.4 Å². The quantitative estimate of drug-likeness (QED) is 0.361. The van der Waals surface area contributed by atoms with Gasteiger partial charge in [-0.1, -0.05) is 48.5 Å². The standard InChI is InChI=1S/C29H33NO4/c1-2-32-29(31)22-34-27-13-9-23(10-14-27)21-25-7-3-4-8-28(25)24-11-15-26(16-12-24)33-20-19-30-17-5-6-18-30/h3-4,7-16H,2,5-6,17-22H2,1H3. The van der Waals surface area contributed by atoms with Crippen molar-refractivity contribution in [2.45, 2.75) is 26.2 Å². The number of ether oxygens (including phenoxy) is 3. The van der Waals surface area contributed by atoms with Crippen molar-refractivity contribution in [3.8, 4) is 22.6 Å². The van der Waals surface area contributed by atoms with Crippen LogP contribution in [-0.2, 0) is 16.0 Å². The molecule has 1 aliphatic heterocycles. The zero-order valence-corrected chi connectivity index (χ0v) is 19.9. The molecule has 0 amide bonds. The molecular weight excluding hydrogens is 426 g/mol. The van der Waals surface area contributed by atoms with Crippen LogP contribution >= 0.6 is 0 Å². The number of esters is 1. The summed E-state index contributed by atoms with van der Waals surface area (Å²) in [4.78, 5) is 13.9. The summed E-state index contributed by atoms with van der Waals surface area (Å²) in [6.07, 6.45) is 3.42. The molecule has 178 valence electrons. The van der Waals surface area contributed by atoms with Crippen molar-refractivity contribution in [2.24, 2.45) is 0 Å². The molecule has 3 aromatic rings. The second-order valence-corrected chi connectivity index (χ2v) is 8.49. The average molecular weight is 460 g/mol. The Kier molecular flexibility index (Phi) is 8.58. The van der Waals surface area contributed by atoms with Gasteiger partial charge in [-0.05, 0) is 85.8 Å². The molecule has 0 radical (unpaired) electrons. The summed E-state index contributed by atoms with van der Waals surface area (Å²) in [7, 11) is 0. The predicted octanol–water partition coefficient (Wildman–Crippen LogP) is 5.36. The van der Waals surface area contributed by atoms with E-state index in [1.165, 1.54) is 48.2 Å². The van der Waals surface area contributed by atoms with Crippen LogP contribution in [0.25, 0.3) is 11.1 Å². The van der Waals surface area contributed by atoms with E-state index in [4.69, 9.17) is 14.2 Å². The Morgan fingerprint density at radius 3 is 2.26 bits per heavy atom. The Morgan fingerprint density at radius 2 is 1.53 bits per heavy atom. The van der Waals surface area contributed by atoms with Crippen LogP contribution < -0.4 is 9.47 Å². The number of hydrogen-bond acceptors (Lipinski definition) is 5. The highest BCUT2D eigenvalue weighted by molar-refractivity contribution is 5.71. The van der Waals surface area contributed by atoms with Crippen LogP contribution in [0, 0.1) is 0 Å². The Labute approximate surface area is 202 Å². The lowest BCUT2D eigenvalue weighted by Crippen LogP contribution is -2.25. The lowest BCUT2D eigenvalue weighted by Gasteiger charge is -2.15. The van der Waals surface area contributed by atoms with Crippen molar-refractivity contribution in [3.63, 3.8) is 0 Å². The van der Waals surface area contributed by atoms with Crippen molar-refractivity contribution >= 4 is 5.97 Å². The molecule has 3 aromatic carbocycles. The van der Waals surface area contributed by atoms with Crippen molar-refractivity contribution in [3.05, 3.63) is 83.9 Å². The van der Waals surface area contributed by atoms with Gasteiger partial charge in [-0.2, -0.15) is 0 Å². The predicted molar refractivity (Wildman–Crippen MR) is 134 cm³/mol. The van der Waals surface area contributed by atoms with Gasteiger partial charge in [-0.3, -0.25) is 4.90 Å². The van der Waals surface area contributed by atoms with Crippen LogP contribution in [0.15, 0.2) is 72.8 Å². The van der Waals surface area contributed by atoms with Gasteiger partial charge in [0.25, 0.3) is 0 Å². The van der Waals surface area contributed by atoms with E-state index < -0.39 is 0 Å². The molecule has 5 nitrogen and oxygen atoms in total. The van der Waals surface area contributed by atoms with Crippen LogP contribution in [0.3, 0.4) is 0 Å². The molecule has 0 N–H and O–H groups in total.